The molecule has 0 radical (unpaired) electrons. The van der Waals surface area contributed by atoms with E-state index in [9.17, 15) is 18.0 Å². The van der Waals surface area contributed by atoms with Gasteiger partial charge in [-0.3, -0.25) is 9.59 Å². The maximum Gasteiger partial charge on any atom is 0.322 e. The lowest BCUT2D eigenvalue weighted by molar-refractivity contribution is -0.136. The molecular weight excluding hydrogens is 392 g/mol. The van der Waals surface area contributed by atoms with Gasteiger partial charge < -0.3 is 15.7 Å². The lowest BCUT2D eigenvalue weighted by Gasteiger charge is -2.38. The van der Waals surface area contributed by atoms with Gasteiger partial charge in [0.15, 0.2) is 9.84 Å². The van der Waals surface area contributed by atoms with Crippen molar-refractivity contribution in [2.24, 2.45) is 5.92 Å². The maximum absolute atomic E-state index is 12.2. The minimum atomic E-state index is -3.03. The number of sulfone groups is 1. The highest BCUT2D eigenvalue weighted by atomic mass is 32.2. The molecule has 8 heteroatoms. The van der Waals surface area contributed by atoms with Crippen LogP contribution in [0.3, 0.4) is 0 Å². The summed E-state index contributed by atoms with van der Waals surface area (Å²) in [5.74, 6) is 0.0760. The highest BCUT2D eigenvalue weighted by Gasteiger charge is 2.40. The highest BCUT2D eigenvalue weighted by Crippen LogP contribution is 2.31. The van der Waals surface area contributed by atoms with Crippen LogP contribution < -0.4 is 10.6 Å². The number of carbonyl (C=O) groups excluding carboxylic acids is 1. The molecule has 0 saturated heterocycles. The van der Waals surface area contributed by atoms with E-state index in [0.29, 0.717) is 6.41 Å². The molecule has 1 rings (SSSR count). The van der Waals surface area contributed by atoms with Crippen molar-refractivity contribution in [2.75, 3.05) is 19.3 Å². The molecule has 0 aromatic rings. The van der Waals surface area contributed by atoms with Crippen LogP contribution >= 0.6 is 0 Å². The Morgan fingerprint density at radius 1 is 1.10 bits per heavy atom. The second-order valence-electron chi connectivity index (χ2n) is 8.59. The van der Waals surface area contributed by atoms with Gasteiger partial charge in [0.2, 0.25) is 6.41 Å². The molecule has 3 N–H and O–H groups in total. The Morgan fingerprint density at radius 3 is 1.76 bits per heavy atom. The Labute approximate surface area is 179 Å². The Bertz CT molecular complexity index is 517. The van der Waals surface area contributed by atoms with Crippen LogP contribution in [0.1, 0.15) is 87.5 Å². The van der Waals surface area contributed by atoms with Gasteiger partial charge in [-0.1, -0.05) is 53.9 Å². The van der Waals surface area contributed by atoms with Crippen LogP contribution in [0, 0.1) is 5.92 Å². The Kier molecular flexibility index (Phi) is 18.6. The van der Waals surface area contributed by atoms with Crippen LogP contribution in [0.5, 0.6) is 0 Å². The molecule has 1 saturated carbocycles. The first-order valence-corrected chi connectivity index (χ1v) is 12.2. The molecule has 0 aliphatic heterocycles. The van der Waals surface area contributed by atoms with Crippen molar-refractivity contribution in [3.05, 3.63) is 0 Å². The second-order valence-corrected chi connectivity index (χ2v) is 11.3. The number of carboxylic acid groups (broad SMARTS) is 1. The molecule has 1 aliphatic rings. The average Bonchev–Trinajstić information content (AvgIpc) is 2.61. The Balaban J connectivity index is -0.000000432. The van der Waals surface area contributed by atoms with Crippen LogP contribution in [-0.2, 0) is 19.4 Å². The summed E-state index contributed by atoms with van der Waals surface area (Å²) in [4.78, 5) is 18.9. The minimum absolute atomic E-state index is 0.176. The van der Waals surface area contributed by atoms with Crippen LogP contribution in [0.2, 0.25) is 0 Å². The quantitative estimate of drug-likeness (QED) is 0.546. The fraction of sp³-hybridized carbons (Fsp3) is 0.905. The topological polar surface area (TPSA) is 113 Å². The van der Waals surface area contributed by atoms with Gasteiger partial charge in [-0.05, 0) is 46.6 Å². The van der Waals surface area contributed by atoms with E-state index in [1.165, 1.54) is 6.42 Å². The molecule has 0 spiro atoms. The van der Waals surface area contributed by atoms with Gasteiger partial charge in [-0.2, -0.15) is 0 Å². The SMILES string of the molecule is CC.CC(C)C.CNC1(CS(=O)(=O)C(C)(C)C)CCCCC1.O=CNCC(=O)O. The van der Waals surface area contributed by atoms with Crippen molar-refractivity contribution >= 4 is 22.2 Å². The molecule has 7 nitrogen and oxygen atoms in total. The van der Waals surface area contributed by atoms with E-state index in [2.05, 4.69) is 26.1 Å². The van der Waals surface area contributed by atoms with Gasteiger partial charge in [0.05, 0.1) is 10.5 Å². The van der Waals surface area contributed by atoms with Gasteiger partial charge in [0.1, 0.15) is 6.54 Å². The number of rotatable bonds is 6. The van der Waals surface area contributed by atoms with Crippen molar-refractivity contribution in [3.63, 3.8) is 0 Å². The summed E-state index contributed by atoms with van der Waals surface area (Å²) in [6.45, 7) is 15.6. The molecular formula is C21H46N2O5S. The maximum atomic E-state index is 12.2. The van der Waals surface area contributed by atoms with Crippen LogP contribution in [-0.4, -0.2) is 55.5 Å². The molecule has 0 unspecified atom stereocenters. The fourth-order valence-electron chi connectivity index (χ4n) is 2.40. The summed E-state index contributed by atoms with van der Waals surface area (Å²) in [6, 6.07) is 0. The summed E-state index contributed by atoms with van der Waals surface area (Å²) < 4.78 is 23.8. The van der Waals surface area contributed by atoms with E-state index >= 15 is 0 Å². The fourth-order valence-corrected chi connectivity index (χ4v) is 4.00. The van der Waals surface area contributed by atoms with Crippen molar-refractivity contribution in [3.8, 4) is 0 Å². The van der Waals surface area contributed by atoms with Crippen molar-refractivity contribution in [1.29, 1.82) is 0 Å². The smallest absolute Gasteiger partial charge is 0.322 e. The summed E-state index contributed by atoms with van der Waals surface area (Å²) >= 11 is 0. The van der Waals surface area contributed by atoms with Gasteiger partial charge in [-0.25, -0.2) is 8.42 Å². The molecule has 1 fully saturated rings. The molecule has 1 amide bonds. The lowest BCUT2D eigenvalue weighted by Crippen LogP contribution is -2.52. The largest absolute Gasteiger partial charge is 0.480 e. The number of hydrogen-bond acceptors (Lipinski definition) is 5. The molecule has 1 aliphatic carbocycles. The van der Waals surface area contributed by atoms with Crippen LogP contribution in [0.25, 0.3) is 0 Å². The molecule has 29 heavy (non-hydrogen) atoms. The van der Waals surface area contributed by atoms with E-state index in [1.807, 2.05) is 26.2 Å². The zero-order valence-corrected chi connectivity index (χ0v) is 20.9. The van der Waals surface area contributed by atoms with Crippen molar-refractivity contribution in [1.82, 2.24) is 10.6 Å². The van der Waals surface area contributed by atoms with Gasteiger partial charge in [-0.15, -0.1) is 0 Å². The first-order chi connectivity index (χ1) is 13.2. The average molecular weight is 439 g/mol. The summed E-state index contributed by atoms with van der Waals surface area (Å²) in [5.41, 5.74) is -0.176. The monoisotopic (exact) mass is 438 g/mol. The number of nitrogens with one attached hydrogen (secondary N) is 2. The van der Waals surface area contributed by atoms with Crippen molar-refractivity contribution in [2.45, 2.75) is 97.8 Å². The molecule has 176 valence electrons. The number of hydrogen-bond donors (Lipinski definition) is 3. The third-order valence-corrected chi connectivity index (χ3v) is 6.88. The zero-order valence-electron chi connectivity index (χ0n) is 20.1. The summed E-state index contributed by atoms with van der Waals surface area (Å²) in [5, 5.41) is 13.1. The van der Waals surface area contributed by atoms with E-state index in [-0.39, 0.29) is 17.8 Å². The zero-order chi connectivity index (χ0) is 23.7. The molecule has 0 atom stereocenters. The predicted molar refractivity (Wildman–Crippen MR) is 122 cm³/mol. The first-order valence-electron chi connectivity index (χ1n) is 10.5. The predicted octanol–water partition coefficient (Wildman–Crippen LogP) is 3.63. The van der Waals surface area contributed by atoms with E-state index in [1.54, 1.807) is 20.8 Å². The van der Waals surface area contributed by atoms with Crippen LogP contribution in [0.15, 0.2) is 0 Å². The minimum Gasteiger partial charge on any atom is -0.480 e. The first kappa shape index (κ1) is 32.5. The summed E-state index contributed by atoms with van der Waals surface area (Å²) in [6.07, 6.45) is 5.83. The van der Waals surface area contributed by atoms with E-state index in [4.69, 9.17) is 5.11 Å². The lowest BCUT2D eigenvalue weighted by atomic mass is 9.83. The van der Waals surface area contributed by atoms with E-state index in [0.717, 1.165) is 31.6 Å². The Hall–Kier alpha value is -1.15. The standard InChI is InChI=1S/C12H25NO2S.C4H10.C3H5NO3.C2H6/c1-11(2,3)16(14,15)10-12(13-4)8-6-5-7-9-12;1-4(2)3;5-2-4-1-3(6)7;1-2/h13H,5-10H2,1-4H3;4H,1-3H3;2H,1H2,(H,4,5)(H,6,7);1-2H3. The third kappa shape index (κ3) is 17.4. The molecule has 0 aromatic carbocycles. The Morgan fingerprint density at radius 2 is 1.52 bits per heavy atom. The highest BCUT2D eigenvalue weighted by molar-refractivity contribution is 7.92. The number of carboxylic acids is 1. The molecule has 0 bridgehead atoms. The molecule has 0 heterocycles. The van der Waals surface area contributed by atoms with Gasteiger partial charge >= 0.3 is 5.97 Å². The van der Waals surface area contributed by atoms with E-state index < -0.39 is 20.6 Å². The number of carbonyl (C=O) groups is 2. The normalized spacial score (nSPS) is 15.4. The van der Waals surface area contributed by atoms with Crippen LogP contribution in [0.4, 0.5) is 0 Å². The third-order valence-electron chi connectivity index (χ3n) is 4.08. The van der Waals surface area contributed by atoms with Gasteiger partial charge in [0, 0.05) is 5.54 Å². The number of amides is 1. The van der Waals surface area contributed by atoms with Crippen molar-refractivity contribution < 1.29 is 23.1 Å². The number of aliphatic carboxylic acids is 1. The summed E-state index contributed by atoms with van der Waals surface area (Å²) in [7, 11) is -1.14. The van der Waals surface area contributed by atoms with Gasteiger partial charge in [0.25, 0.3) is 0 Å². The second kappa shape index (κ2) is 16.6. The molecule has 0 aromatic heterocycles.